The van der Waals surface area contributed by atoms with Gasteiger partial charge < -0.3 is 10.6 Å². The van der Waals surface area contributed by atoms with Crippen LogP contribution in [0.1, 0.15) is 51.9 Å². The van der Waals surface area contributed by atoms with Crippen LogP contribution in [-0.2, 0) is 0 Å². The smallest absolute Gasteiger partial charge is 0.147 e. The number of aromatic nitrogens is 1. The van der Waals surface area contributed by atoms with Crippen molar-refractivity contribution in [2.75, 3.05) is 17.2 Å². The third-order valence-electron chi connectivity index (χ3n) is 3.72. The van der Waals surface area contributed by atoms with E-state index in [4.69, 9.17) is 23.2 Å². The molecule has 1 aliphatic carbocycles. The molecule has 2 N–H and O–H groups in total. The van der Waals surface area contributed by atoms with Crippen LogP contribution < -0.4 is 10.6 Å². The molecule has 1 fully saturated rings. The van der Waals surface area contributed by atoms with Crippen LogP contribution >= 0.6 is 23.2 Å². The predicted octanol–water partition coefficient (Wildman–Crippen LogP) is 5.35. The molecule has 0 atom stereocenters. The highest BCUT2D eigenvalue weighted by Gasteiger charge is 2.15. The molecule has 0 bridgehead atoms. The maximum Gasteiger partial charge on any atom is 0.147 e. The fraction of sp³-hybridized carbons (Fsp3) is 0.667. The molecule has 112 valence electrons. The van der Waals surface area contributed by atoms with Crippen molar-refractivity contribution >= 4 is 34.8 Å². The molecule has 1 saturated carbocycles. The first-order valence-electron chi connectivity index (χ1n) is 7.57. The van der Waals surface area contributed by atoms with Gasteiger partial charge in [0, 0.05) is 12.6 Å². The molecule has 0 aliphatic heterocycles. The van der Waals surface area contributed by atoms with Crippen molar-refractivity contribution in [1.82, 2.24) is 4.98 Å². The number of hydrogen-bond donors (Lipinski definition) is 2. The summed E-state index contributed by atoms with van der Waals surface area (Å²) in [5.41, 5.74) is 0. The third-order valence-corrected chi connectivity index (χ3v) is 4.30. The van der Waals surface area contributed by atoms with Gasteiger partial charge in [0.2, 0.25) is 0 Å². The van der Waals surface area contributed by atoms with Crippen molar-refractivity contribution in [2.24, 2.45) is 0 Å². The van der Waals surface area contributed by atoms with Gasteiger partial charge in [0.15, 0.2) is 0 Å². The minimum atomic E-state index is 0.468. The third kappa shape index (κ3) is 4.42. The fourth-order valence-electron chi connectivity index (χ4n) is 2.65. The van der Waals surface area contributed by atoms with Crippen LogP contribution in [0.4, 0.5) is 11.6 Å². The van der Waals surface area contributed by atoms with E-state index < -0.39 is 0 Å². The molecule has 20 heavy (non-hydrogen) atoms. The summed E-state index contributed by atoms with van der Waals surface area (Å²) in [6.45, 7) is 2.81. The Morgan fingerprint density at radius 2 is 1.65 bits per heavy atom. The maximum absolute atomic E-state index is 6.26. The number of nitrogens with zero attached hydrogens (tertiary/aromatic N) is 1. The second-order valence-corrected chi connectivity index (χ2v) is 6.18. The van der Waals surface area contributed by atoms with E-state index in [1.54, 1.807) is 6.07 Å². The summed E-state index contributed by atoms with van der Waals surface area (Å²) < 4.78 is 0. The lowest BCUT2D eigenvalue weighted by molar-refractivity contribution is 0.471. The first-order chi connectivity index (χ1) is 9.70. The summed E-state index contributed by atoms with van der Waals surface area (Å²) >= 11 is 12.4. The molecule has 1 aromatic heterocycles. The van der Waals surface area contributed by atoms with E-state index in [1.807, 2.05) is 6.92 Å². The first kappa shape index (κ1) is 15.7. The van der Waals surface area contributed by atoms with Gasteiger partial charge in [0.05, 0.1) is 10.0 Å². The topological polar surface area (TPSA) is 37.0 Å². The van der Waals surface area contributed by atoms with Crippen LogP contribution in [0.3, 0.4) is 0 Å². The molecule has 0 aromatic carbocycles. The van der Waals surface area contributed by atoms with Gasteiger partial charge in [0.1, 0.15) is 11.6 Å². The summed E-state index contributed by atoms with van der Waals surface area (Å²) in [6, 6.07) is 2.23. The Morgan fingerprint density at radius 1 is 1.05 bits per heavy atom. The number of pyridine rings is 1. The summed E-state index contributed by atoms with van der Waals surface area (Å²) in [7, 11) is 0. The van der Waals surface area contributed by atoms with Crippen LogP contribution in [0, 0.1) is 0 Å². The van der Waals surface area contributed by atoms with Gasteiger partial charge in [0.25, 0.3) is 0 Å². The van der Waals surface area contributed by atoms with Crippen molar-refractivity contribution in [2.45, 2.75) is 57.9 Å². The summed E-state index contributed by atoms with van der Waals surface area (Å²) in [5, 5.41) is 7.83. The molecule has 0 spiro atoms. The van der Waals surface area contributed by atoms with E-state index in [9.17, 15) is 0 Å². The molecule has 1 heterocycles. The van der Waals surface area contributed by atoms with Gasteiger partial charge >= 0.3 is 0 Å². The average molecular weight is 316 g/mol. The Bertz CT molecular complexity index is 429. The zero-order valence-corrected chi connectivity index (χ0v) is 13.5. The molecule has 0 amide bonds. The van der Waals surface area contributed by atoms with Gasteiger partial charge in [-0.1, -0.05) is 55.3 Å². The van der Waals surface area contributed by atoms with Crippen LogP contribution in [-0.4, -0.2) is 17.6 Å². The van der Waals surface area contributed by atoms with Crippen LogP contribution in [0.5, 0.6) is 0 Å². The summed E-state index contributed by atoms with van der Waals surface area (Å²) in [5.74, 6) is 1.45. The number of rotatable bonds is 4. The second-order valence-electron chi connectivity index (χ2n) is 5.37. The number of hydrogen-bond acceptors (Lipinski definition) is 3. The second kappa shape index (κ2) is 7.94. The van der Waals surface area contributed by atoms with Gasteiger partial charge in [-0.2, -0.15) is 0 Å². The molecule has 0 radical (unpaired) electrons. The van der Waals surface area contributed by atoms with Crippen molar-refractivity contribution in [3.63, 3.8) is 0 Å². The molecule has 1 aromatic rings. The largest absolute Gasteiger partial charge is 0.369 e. The SMILES string of the molecule is CCNc1nc(NC2CCCCCCC2)c(Cl)cc1Cl. The molecule has 0 saturated heterocycles. The molecule has 2 rings (SSSR count). The van der Waals surface area contributed by atoms with E-state index in [0.717, 1.165) is 12.4 Å². The minimum absolute atomic E-state index is 0.468. The zero-order chi connectivity index (χ0) is 14.4. The number of halogens is 2. The molecular weight excluding hydrogens is 293 g/mol. The maximum atomic E-state index is 6.26. The highest BCUT2D eigenvalue weighted by Crippen LogP contribution is 2.30. The van der Waals surface area contributed by atoms with Crippen molar-refractivity contribution < 1.29 is 0 Å². The minimum Gasteiger partial charge on any atom is -0.369 e. The van der Waals surface area contributed by atoms with E-state index in [2.05, 4.69) is 15.6 Å². The quantitative estimate of drug-likeness (QED) is 0.786. The van der Waals surface area contributed by atoms with Gasteiger partial charge in [-0.25, -0.2) is 4.98 Å². The fourth-order valence-corrected chi connectivity index (χ4v) is 3.13. The van der Waals surface area contributed by atoms with E-state index in [0.29, 0.717) is 21.9 Å². The van der Waals surface area contributed by atoms with Crippen LogP contribution in [0.25, 0.3) is 0 Å². The highest BCUT2D eigenvalue weighted by molar-refractivity contribution is 6.37. The lowest BCUT2D eigenvalue weighted by Gasteiger charge is -2.22. The van der Waals surface area contributed by atoms with E-state index in [1.165, 1.54) is 44.9 Å². The van der Waals surface area contributed by atoms with Crippen molar-refractivity contribution in [3.8, 4) is 0 Å². The summed E-state index contributed by atoms with van der Waals surface area (Å²) in [4.78, 5) is 4.52. The number of anilines is 2. The Morgan fingerprint density at radius 3 is 2.30 bits per heavy atom. The molecular formula is C15H23Cl2N3. The lowest BCUT2D eigenvalue weighted by atomic mass is 9.97. The monoisotopic (exact) mass is 315 g/mol. The molecule has 5 heteroatoms. The van der Waals surface area contributed by atoms with Crippen molar-refractivity contribution in [1.29, 1.82) is 0 Å². The Kier molecular flexibility index (Phi) is 6.24. The predicted molar refractivity (Wildman–Crippen MR) is 88.2 cm³/mol. The first-order valence-corrected chi connectivity index (χ1v) is 8.32. The molecule has 3 nitrogen and oxygen atoms in total. The van der Waals surface area contributed by atoms with Crippen LogP contribution in [0.15, 0.2) is 6.07 Å². The Hall–Kier alpha value is -0.670. The lowest BCUT2D eigenvalue weighted by Crippen LogP contribution is -2.21. The molecule has 1 aliphatic rings. The Balaban J connectivity index is 2.08. The van der Waals surface area contributed by atoms with Gasteiger partial charge in [-0.15, -0.1) is 0 Å². The van der Waals surface area contributed by atoms with E-state index >= 15 is 0 Å². The van der Waals surface area contributed by atoms with Gasteiger partial charge in [-0.3, -0.25) is 0 Å². The average Bonchev–Trinajstić information content (AvgIpc) is 2.38. The molecule has 0 unspecified atom stereocenters. The zero-order valence-electron chi connectivity index (χ0n) is 12.0. The van der Waals surface area contributed by atoms with Crippen LogP contribution in [0.2, 0.25) is 10.0 Å². The number of nitrogens with one attached hydrogen (secondary N) is 2. The highest BCUT2D eigenvalue weighted by atomic mass is 35.5. The summed E-state index contributed by atoms with van der Waals surface area (Å²) in [6.07, 6.45) is 8.99. The van der Waals surface area contributed by atoms with E-state index in [-0.39, 0.29) is 0 Å². The van der Waals surface area contributed by atoms with Crippen molar-refractivity contribution in [3.05, 3.63) is 16.1 Å². The standard InChI is InChI=1S/C15H23Cl2N3/c1-2-18-14-12(16)10-13(17)15(20-14)19-11-8-6-4-3-5-7-9-11/h10-11H,2-9H2,1H3,(H2,18,19,20). The normalized spacial score (nSPS) is 17.4. The van der Waals surface area contributed by atoms with Gasteiger partial charge in [-0.05, 0) is 25.8 Å². The Labute approximate surface area is 131 Å².